The summed E-state index contributed by atoms with van der Waals surface area (Å²) in [5, 5.41) is 15.7. The second-order valence-corrected chi connectivity index (χ2v) is 4.68. The highest BCUT2D eigenvalue weighted by molar-refractivity contribution is 6.03. The van der Waals surface area contributed by atoms with Gasteiger partial charge in [0.05, 0.1) is 0 Å². The zero-order valence-electron chi connectivity index (χ0n) is 11.9. The largest absolute Gasteiger partial charge is 0.480 e. The lowest BCUT2D eigenvalue weighted by molar-refractivity contribution is -0.140. The molecular formula is C15H17N3O3. The van der Waals surface area contributed by atoms with E-state index < -0.39 is 12.0 Å². The van der Waals surface area contributed by atoms with E-state index in [9.17, 15) is 9.59 Å². The van der Waals surface area contributed by atoms with Crippen LogP contribution in [0.15, 0.2) is 36.5 Å². The third kappa shape index (κ3) is 3.28. The molecule has 2 rings (SSSR count). The molecule has 110 valence electrons. The summed E-state index contributed by atoms with van der Waals surface area (Å²) < 4.78 is 1.19. The number of carbonyl (C=O) groups is 2. The maximum Gasteiger partial charge on any atom is 0.328 e. The van der Waals surface area contributed by atoms with Crippen LogP contribution in [0, 0.1) is 0 Å². The number of aromatic nitrogens is 2. The zero-order chi connectivity index (χ0) is 15.4. The van der Waals surface area contributed by atoms with E-state index in [2.05, 4.69) is 17.3 Å². The smallest absolute Gasteiger partial charge is 0.328 e. The van der Waals surface area contributed by atoms with E-state index in [-0.39, 0.29) is 11.6 Å². The first kappa shape index (κ1) is 14.8. The first-order valence-corrected chi connectivity index (χ1v) is 6.69. The molecule has 1 unspecified atom stereocenters. The molecule has 1 atom stereocenters. The van der Waals surface area contributed by atoms with E-state index in [0.29, 0.717) is 5.69 Å². The van der Waals surface area contributed by atoms with E-state index in [1.165, 1.54) is 29.4 Å². The molecule has 0 aliphatic carbocycles. The van der Waals surface area contributed by atoms with Crippen molar-refractivity contribution >= 4 is 17.6 Å². The summed E-state index contributed by atoms with van der Waals surface area (Å²) in [5.41, 5.74) is 2.05. The van der Waals surface area contributed by atoms with Crippen molar-refractivity contribution in [3.63, 3.8) is 0 Å². The highest BCUT2D eigenvalue weighted by Crippen LogP contribution is 2.14. The third-order valence-corrected chi connectivity index (χ3v) is 3.25. The number of carboxylic acid groups (broad SMARTS) is 1. The molecule has 1 aromatic heterocycles. The summed E-state index contributed by atoms with van der Waals surface area (Å²) >= 11 is 0. The second kappa shape index (κ2) is 6.21. The van der Waals surface area contributed by atoms with Crippen molar-refractivity contribution < 1.29 is 14.7 Å². The number of amides is 1. The number of aryl methyl sites for hydroxylation is 1. The van der Waals surface area contributed by atoms with Gasteiger partial charge in [0.2, 0.25) is 0 Å². The Kier molecular flexibility index (Phi) is 4.37. The standard InChI is InChI=1S/C15H17N3O3/c1-3-11-4-6-12(7-5-11)17-14(19)13-8-9-16-18(13)10(2)15(20)21/h4-10H,3H2,1-2H3,(H,17,19)(H,20,21). The maximum atomic E-state index is 12.2. The fraction of sp³-hybridized carbons (Fsp3) is 0.267. The zero-order valence-corrected chi connectivity index (χ0v) is 11.9. The van der Waals surface area contributed by atoms with Gasteiger partial charge in [0.25, 0.3) is 5.91 Å². The lowest BCUT2D eigenvalue weighted by atomic mass is 10.1. The fourth-order valence-electron chi connectivity index (χ4n) is 1.93. The van der Waals surface area contributed by atoms with Crippen LogP contribution in [0.1, 0.15) is 35.9 Å². The van der Waals surface area contributed by atoms with Gasteiger partial charge in [-0.05, 0) is 37.1 Å². The van der Waals surface area contributed by atoms with Crippen molar-refractivity contribution in [2.45, 2.75) is 26.3 Å². The number of nitrogens with one attached hydrogen (secondary N) is 1. The molecule has 1 heterocycles. The highest BCUT2D eigenvalue weighted by Gasteiger charge is 2.20. The Hall–Kier alpha value is -2.63. The van der Waals surface area contributed by atoms with Crippen LogP contribution < -0.4 is 5.32 Å². The molecule has 0 bridgehead atoms. The van der Waals surface area contributed by atoms with Gasteiger partial charge in [-0.25, -0.2) is 9.48 Å². The van der Waals surface area contributed by atoms with Gasteiger partial charge in [0, 0.05) is 11.9 Å². The number of anilines is 1. The van der Waals surface area contributed by atoms with Crippen LogP contribution in [0.5, 0.6) is 0 Å². The number of rotatable bonds is 5. The summed E-state index contributed by atoms with van der Waals surface area (Å²) in [6, 6.07) is 8.11. The average molecular weight is 287 g/mol. The van der Waals surface area contributed by atoms with Crippen LogP contribution in [0.25, 0.3) is 0 Å². The summed E-state index contributed by atoms with van der Waals surface area (Å²) in [7, 11) is 0. The van der Waals surface area contributed by atoms with Gasteiger partial charge in [0.15, 0.2) is 0 Å². The van der Waals surface area contributed by atoms with Gasteiger partial charge >= 0.3 is 5.97 Å². The Morgan fingerprint density at radius 3 is 2.52 bits per heavy atom. The highest BCUT2D eigenvalue weighted by atomic mass is 16.4. The van der Waals surface area contributed by atoms with Crippen LogP contribution in [-0.2, 0) is 11.2 Å². The Morgan fingerprint density at radius 2 is 1.95 bits per heavy atom. The minimum atomic E-state index is -1.04. The molecule has 0 saturated carbocycles. The monoisotopic (exact) mass is 287 g/mol. The normalized spacial score (nSPS) is 11.9. The van der Waals surface area contributed by atoms with E-state index in [4.69, 9.17) is 5.11 Å². The third-order valence-electron chi connectivity index (χ3n) is 3.25. The first-order chi connectivity index (χ1) is 10.0. The lowest BCUT2D eigenvalue weighted by Crippen LogP contribution is -2.24. The SMILES string of the molecule is CCc1ccc(NC(=O)c2ccnn2C(C)C(=O)O)cc1. The number of hydrogen-bond acceptors (Lipinski definition) is 3. The Bertz CT molecular complexity index is 646. The van der Waals surface area contributed by atoms with Crippen molar-refractivity contribution in [1.29, 1.82) is 0 Å². The Balaban J connectivity index is 2.17. The van der Waals surface area contributed by atoms with Gasteiger partial charge < -0.3 is 10.4 Å². The second-order valence-electron chi connectivity index (χ2n) is 4.68. The quantitative estimate of drug-likeness (QED) is 0.884. The number of carbonyl (C=O) groups excluding carboxylic acids is 1. The molecule has 21 heavy (non-hydrogen) atoms. The molecule has 2 aromatic rings. The van der Waals surface area contributed by atoms with Gasteiger partial charge in [-0.15, -0.1) is 0 Å². The Labute approximate surface area is 122 Å². The van der Waals surface area contributed by atoms with Crippen molar-refractivity contribution in [1.82, 2.24) is 9.78 Å². The maximum absolute atomic E-state index is 12.2. The minimum absolute atomic E-state index is 0.212. The van der Waals surface area contributed by atoms with Crippen LogP contribution in [0.4, 0.5) is 5.69 Å². The fourth-order valence-corrected chi connectivity index (χ4v) is 1.93. The van der Waals surface area contributed by atoms with E-state index in [0.717, 1.165) is 6.42 Å². The first-order valence-electron chi connectivity index (χ1n) is 6.69. The molecule has 2 N–H and O–H groups in total. The molecule has 1 aromatic carbocycles. The summed E-state index contributed by atoms with van der Waals surface area (Å²) in [4.78, 5) is 23.2. The predicted molar refractivity (Wildman–Crippen MR) is 78.3 cm³/mol. The number of nitrogens with zero attached hydrogens (tertiary/aromatic N) is 2. The summed E-state index contributed by atoms with van der Waals surface area (Å²) in [5.74, 6) is -1.43. The van der Waals surface area contributed by atoms with Gasteiger partial charge in [-0.2, -0.15) is 5.10 Å². The number of aliphatic carboxylic acids is 1. The molecule has 0 spiro atoms. The molecule has 0 aliphatic heterocycles. The molecule has 0 saturated heterocycles. The van der Waals surface area contributed by atoms with Gasteiger partial charge in [0.1, 0.15) is 11.7 Å². The van der Waals surface area contributed by atoms with Crippen LogP contribution >= 0.6 is 0 Å². The van der Waals surface area contributed by atoms with Crippen molar-refractivity contribution in [3.05, 3.63) is 47.8 Å². The molecule has 1 amide bonds. The van der Waals surface area contributed by atoms with E-state index >= 15 is 0 Å². The molecule has 6 heteroatoms. The van der Waals surface area contributed by atoms with Gasteiger partial charge in [-0.1, -0.05) is 19.1 Å². The molecule has 0 aliphatic rings. The topological polar surface area (TPSA) is 84.2 Å². The lowest BCUT2D eigenvalue weighted by Gasteiger charge is -2.11. The van der Waals surface area contributed by atoms with E-state index in [1.807, 2.05) is 24.3 Å². The molecular weight excluding hydrogens is 270 g/mol. The van der Waals surface area contributed by atoms with Gasteiger partial charge in [-0.3, -0.25) is 4.79 Å². The number of carboxylic acids is 1. The Morgan fingerprint density at radius 1 is 1.29 bits per heavy atom. The van der Waals surface area contributed by atoms with Crippen molar-refractivity contribution in [2.75, 3.05) is 5.32 Å². The van der Waals surface area contributed by atoms with Crippen molar-refractivity contribution in [2.24, 2.45) is 0 Å². The number of hydrogen-bond donors (Lipinski definition) is 2. The molecule has 6 nitrogen and oxygen atoms in total. The van der Waals surface area contributed by atoms with Crippen LogP contribution in [-0.4, -0.2) is 26.8 Å². The van der Waals surface area contributed by atoms with Crippen molar-refractivity contribution in [3.8, 4) is 0 Å². The molecule has 0 fully saturated rings. The number of benzene rings is 1. The summed E-state index contributed by atoms with van der Waals surface area (Å²) in [6.07, 6.45) is 2.34. The average Bonchev–Trinajstić information content (AvgIpc) is 2.96. The van der Waals surface area contributed by atoms with E-state index in [1.54, 1.807) is 0 Å². The summed E-state index contributed by atoms with van der Waals surface area (Å²) in [6.45, 7) is 3.53. The van der Waals surface area contributed by atoms with Crippen LogP contribution in [0.2, 0.25) is 0 Å². The predicted octanol–water partition coefficient (Wildman–Crippen LogP) is 2.34. The minimum Gasteiger partial charge on any atom is -0.480 e. The molecule has 0 radical (unpaired) electrons. The van der Waals surface area contributed by atoms with Crippen LogP contribution in [0.3, 0.4) is 0 Å².